The molecule has 26 heavy (non-hydrogen) atoms. The maximum atomic E-state index is 8.55. The number of rotatable bonds is 0. The normalized spacial score (nSPS) is 9.08. The largest absolute Gasteiger partial charge is 2.00 e. The van der Waals surface area contributed by atoms with Gasteiger partial charge in [-0.3, -0.25) is 0 Å². The molecule has 6 radical (unpaired) electrons. The van der Waals surface area contributed by atoms with Gasteiger partial charge in [-0.05, 0) is 0 Å². The molecule has 0 N–H and O–H groups in total. The van der Waals surface area contributed by atoms with Gasteiger partial charge in [-0.2, -0.15) is 31.3 Å². The fourth-order valence-electron chi connectivity index (χ4n) is 0. The van der Waals surface area contributed by atoms with Crippen LogP contribution in [0.1, 0.15) is 0 Å². The van der Waals surface area contributed by atoms with Crippen molar-refractivity contribution in [1.82, 2.24) is 0 Å². The molecule has 0 saturated heterocycles. The van der Waals surface area contributed by atoms with Gasteiger partial charge in [0.05, 0.1) is 0 Å². The van der Waals surface area contributed by atoms with Crippen molar-refractivity contribution in [3.63, 3.8) is 0 Å². The minimum absolute atomic E-state index is 0. The first kappa shape index (κ1) is 63.9. The van der Waals surface area contributed by atoms with Crippen molar-refractivity contribution in [3.8, 4) is 0 Å². The van der Waals surface area contributed by atoms with Gasteiger partial charge in [0.2, 0.25) is 0 Å². The van der Waals surface area contributed by atoms with Crippen LogP contribution in [0.5, 0.6) is 0 Å². The average molecular weight is 1120 g/mol. The maximum Gasteiger partial charge on any atom is 2.00 e. The zero-order valence-corrected chi connectivity index (χ0v) is 33.8. The molecule has 16 nitrogen and oxygen atoms in total. The standard InChI is InChI=1S/3Ca.4H3O4P.3Pb/c;;;4*1-5(2,3)4;;;/h;;;4*(H3,1,2,3,4);;;/q3*+2;;;;;3*+2/p-12. The average Bonchev–Trinajstić information content (AvgIpc) is 1.62. The SMILES string of the molecule is O=P([O-])([O-])[O-].O=P([O-])([O-])[O-].O=P([O-])([O-])[O-].O=P([O-])([O-])[O-].[Ca+2].[Ca+2].[Ca+2].[Pb+2].[Pb+2].[Pb+2]. The van der Waals surface area contributed by atoms with Crippen molar-refractivity contribution in [2.24, 2.45) is 0 Å². The molecule has 0 fully saturated rings. The fraction of sp³-hybridized carbons (Fsp3) is 0. The van der Waals surface area contributed by atoms with Crippen molar-refractivity contribution in [1.29, 1.82) is 0 Å². The van der Waals surface area contributed by atoms with Crippen LogP contribution in [0, 0.1) is 0 Å². The van der Waals surface area contributed by atoms with E-state index in [1.54, 1.807) is 0 Å². The first-order valence-corrected chi connectivity index (χ1v) is 8.76. The maximum absolute atomic E-state index is 8.55. The van der Waals surface area contributed by atoms with Gasteiger partial charge in [-0.25, -0.2) is 0 Å². The molecule has 0 aliphatic carbocycles. The van der Waals surface area contributed by atoms with Crippen LogP contribution in [-0.2, 0) is 18.3 Å². The molecule has 0 unspecified atom stereocenters. The molecular weight excluding hydrogens is 1120 g/mol. The van der Waals surface area contributed by atoms with Crippen LogP contribution in [0.4, 0.5) is 0 Å². The van der Waals surface area contributed by atoms with E-state index in [1.165, 1.54) is 0 Å². The van der Waals surface area contributed by atoms with Crippen LogP contribution >= 0.6 is 31.3 Å². The van der Waals surface area contributed by atoms with Gasteiger partial charge in [0.1, 0.15) is 0 Å². The van der Waals surface area contributed by atoms with Crippen LogP contribution in [0.2, 0.25) is 0 Å². The van der Waals surface area contributed by atoms with Gasteiger partial charge < -0.3 is 77.0 Å². The Hall–Kier alpha value is 6.99. The smallest absolute Gasteiger partial charge is 0.822 e. The predicted molar refractivity (Wildman–Crippen MR) is 64.9 cm³/mol. The molecule has 0 spiro atoms. The van der Waals surface area contributed by atoms with E-state index in [-0.39, 0.29) is 195 Å². The van der Waals surface area contributed by atoms with E-state index >= 15 is 0 Å². The van der Waals surface area contributed by atoms with Crippen molar-refractivity contribution < 1.29 is 77.0 Å². The summed E-state index contributed by atoms with van der Waals surface area (Å²) in [5.41, 5.74) is 0. The Morgan fingerprint density at radius 1 is 0.308 bits per heavy atom. The van der Waals surface area contributed by atoms with Crippen LogP contribution in [0.3, 0.4) is 0 Å². The summed E-state index contributed by atoms with van der Waals surface area (Å²) < 4.78 is 34.2. The fourth-order valence-corrected chi connectivity index (χ4v) is 0. The zero-order valence-electron chi connectivity index (χ0n) is 11.9. The van der Waals surface area contributed by atoms with Crippen molar-refractivity contribution >= 4 is 226 Å². The van der Waals surface area contributed by atoms with Gasteiger partial charge >= 0.3 is 195 Å². The zero-order chi connectivity index (χ0) is 18.0. The second-order valence-electron chi connectivity index (χ2n) is 1.79. The number of phosphoric acid groups is 4. The molecule has 134 valence electrons. The van der Waals surface area contributed by atoms with Gasteiger partial charge in [0, 0.05) is 0 Å². The Balaban J connectivity index is -0.0000000152. The van der Waals surface area contributed by atoms with E-state index < -0.39 is 31.3 Å². The Morgan fingerprint density at radius 2 is 0.308 bits per heavy atom. The molecule has 0 rings (SSSR count). The van der Waals surface area contributed by atoms with Crippen LogP contribution < -0.4 is 58.7 Å². The van der Waals surface area contributed by atoms with Crippen molar-refractivity contribution in [2.75, 3.05) is 0 Å². The van der Waals surface area contributed by atoms with Crippen molar-refractivity contribution in [3.05, 3.63) is 0 Å². The number of hydrogen-bond acceptors (Lipinski definition) is 16. The second-order valence-corrected chi connectivity index (χ2v) is 5.37. The third-order valence-corrected chi connectivity index (χ3v) is 0. The summed E-state index contributed by atoms with van der Waals surface area (Å²) in [6, 6.07) is 0. The second kappa shape index (κ2) is 32.0. The van der Waals surface area contributed by atoms with Gasteiger partial charge in [-0.15, -0.1) is 0 Å². The molecular formula is Ca3O16P4Pb3. The van der Waals surface area contributed by atoms with Crippen molar-refractivity contribution in [2.45, 2.75) is 0 Å². The Kier molecular flexibility index (Phi) is 78.6. The van der Waals surface area contributed by atoms with E-state index in [1.807, 2.05) is 0 Å². The summed E-state index contributed by atoms with van der Waals surface area (Å²) in [6.07, 6.45) is 0. The van der Waals surface area contributed by atoms with E-state index in [2.05, 4.69) is 0 Å². The van der Waals surface area contributed by atoms with Gasteiger partial charge in [0.15, 0.2) is 0 Å². The van der Waals surface area contributed by atoms with Gasteiger partial charge in [0.25, 0.3) is 0 Å². The molecule has 0 aromatic carbocycles. The minimum Gasteiger partial charge on any atom is -0.822 e. The quantitative estimate of drug-likeness (QED) is 0.161. The molecule has 0 atom stereocenters. The van der Waals surface area contributed by atoms with E-state index in [9.17, 15) is 0 Å². The Bertz CT molecular complexity index is 305. The van der Waals surface area contributed by atoms with E-state index in [4.69, 9.17) is 77.0 Å². The molecule has 0 aromatic rings. The van der Waals surface area contributed by atoms with Crippen LogP contribution in [0.15, 0.2) is 0 Å². The summed E-state index contributed by atoms with van der Waals surface area (Å²) >= 11 is 0. The Morgan fingerprint density at radius 3 is 0.308 bits per heavy atom. The third kappa shape index (κ3) is 571. The van der Waals surface area contributed by atoms with E-state index in [0.29, 0.717) is 0 Å². The predicted octanol–water partition coefficient (Wildman–Crippen LogP) is -13.6. The molecule has 26 heteroatoms. The first-order chi connectivity index (χ1) is 8.00. The molecule has 0 aliphatic heterocycles. The molecule has 0 bridgehead atoms. The topological polar surface area (TPSA) is 345 Å². The van der Waals surface area contributed by atoms with Crippen LogP contribution in [0.25, 0.3) is 0 Å². The van der Waals surface area contributed by atoms with E-state index in [0.717, 1.165) is 0 Å². The molecule has 0 amide bonds. The first-order valence-electron chi connectivity index (χ1n) is 2.92. The molecule has 0 saturated carbocycles. The molecule has 0 aliphatic rings. The minimum atomic E-state index is -5.39. The summed E-state index contributed by atoms with van der Waals surface area (Å²) in [4.78, 5) is 103. The molecule has 0 heterocycles. The van der Waals surface area contributed by atoms with Crippen LogP contribution in [-0.4, -0.2) is 195 Å². The van der Waals surface area contributed by atoms with Gasteiger partial charge in [-0.1, -0.05) is 0 Å². The summed E-state index contributed by atoms with van der Waals surface area (Å²) in [7, 11) is -21.6. The monoisotopic (exact) mass is 1120 g/mol. The summed E-state index contributed by atoms with van der Waals surface area (Å²) in [6.45, 7) is 0. The number of hydrogen-bond donors (Lipinski definition) is 0. The molecule has 0 aromatic heterocycles. The summed E-state index contributed by atoms with van der Waals surface area (Å²) in [5.74, 6) is 0. The summed E-state index contributed by atoms with van der Waals surface area (Å²) in [5, 5.41) is 0. The third-order valence-electron chi connectivity index (χ3n) is 0. The Labute approximate surface area is 296 Å².